The number of aromatic nitrogens is 2. The van der Waals surface area contributed by atoms with Gasteiger partial charge in [0.15, 0.2) is 0 Å². The van der Waals surface area contributed by atoms with E-state index in [-0.39, 0.29) is 11.7 Å². The summed E-state index contributed by atoms with van der Waals surface area (Å²) in [4.78, 5) is 14.9. The summed E-state index contributed by atoms with van der Waals surface area (Å²) in [6, 6.07) is 27.8. The number of phenolic OH excluding ortho intramolecular Hbond substituents is 1. The van der Waals surface area contributed by atoms with Gasteiger partial charge in [-0.1, -0.05) is 78.9 Å². The second-order valence-electron chi connectivity index (χ2n) is 8.51. The van der Waals surface area contributed by atoms with Gasteiger partial charge in [0, 0.05) is 29.5 Å². The maximum Gasteiger partial charge on any atom is 0.115 e. The van der Waals surface area contributed by atoms with Gasteiger partial charge in [0.25, 0.3) is 0 Å². The molecule has 0 aliphatic carbocycles. The van der Waals surface area contributed by atoms with Gasteiger partial charge in [-0.25, -0.2) is 4.98 Å². The zero-order valence-electron chi connectivity index (χ0n) is 18.5. The second-order valence-corrected chi connectivity index (χ2v) is 8.51. The summed E-state index contributed by atoms with van der Waals surface area (Å²) in [5.41, 5.74) is 5.24. The fourth-order valence-corrected chi connectivity index (χ4v) is 4.40. The normalized spacial score (nSPS) is 17.8. The van der Waals surface area contributed by atoms with Crippen molar-refractivity contribution in [2.45, 2.75) is 24.8 Å². The molecule has 33 heavy (non-hydrogen) atoms. The number of hydrogen-bond acceptors (Lipinski definition) is 4. The summed E-state index contributed by atoms with van der Waals surface area (Å²) in [7, 11) is 0. The molecule has 3 aromatic carbocycles. The van der Waals surface area contributed by atoms with E-state index in [1.165, 1.54) is 0 Å². The van der Waals surface area contributed by atoms with Crippen LogP contribution < -0.4 is 0 Å². The first kappa shape index (κ1) is 20.8. The van der Waals surface area contributed by atoms with Crippen LogP contribution in [0.1, 0.15) is 24.1 Å². The molecular formula is C29H25N3O. The predicted octanol–water partition coefficient (Wildman–Crippen LogP) is 6.24. The Morgan fingerprint density at radius 2 is 1.55 bits per heavy atom. The molecule has 5 rings (SSSR count). The highest BCUT2D eigenvalue weighted by molar-refractivity contribution is 5.78. The third-order valence-electron chi connectivity index (χ3n) is 6.17. The Kier molecular flexibility index (Phi) is 5.57. The second kappa shape index (κ2) is 8.83. The first-order valence-corrected chi connectivity index (χ1v) is 11.1. The van der Waals surface area contributed by atoms with Gasteiger partial charge in [0.1, 0.15) is 5.75 Å². The van der Waals surface area contributed by atoms with Crippen molar-refractivity contribution in [2.75, 3.05) is 0 Å². The zero-order chi connectivity index (χ0) is 22.7. The number of allylic oxidation sites excluding steroid dienone is 1. The SMILES string of the molecule is CC1(C(Cc2cccc(O)c2)c2cnc(-c3ccccc3)c(-c3ccccc3)n2)C=CC=N1. The molecule has 0 saturated heterocycles. The van der Waals surface area contributed by atoms with Crippen molar-refractivity contribution < 1.29 is 5.11 Å². The summed E-state index contributed by atoms with van der Waals surface area (Å²) >= 11 is 0. The Hall–Kier alpha value is -4.05. The summed E-state index contributed by atoms with van der Waals surface area (Å²) in [5, 5.41) is 10.0. The molecule has 2 atom stereocenters. The molecule has 1 aliphatic rings. The Labute approximate surface area is 194 Å². The van der Waals surface area contributed by atoms with Gasteiger partial charge in [-0.3, -0.25) is 9.98 Å². The number of benzene rings is 3. The minimum atomic E-state index is -0.442. The minimum Gasteiger partial charge on any atom is -0.508 e. The van der Waals surface area contributed by atoms with Gasteiger partial charge in [0.2, 0.25) is 0 Å². The van der Waals surface area contributed by atoms with Gasteiger partial charge >= 0.3 is 0 Å². The number of nitrogens with zero attached hydrogens (tertiary/aromatic N) is 3. The molecule has 0 spiro atoms. The minimum absolute atomic E-state index is 0.0471. The summed E-state index contributed by atoms with van der Waals surface area (Å²) < 4.78 is 0. The van der Waals surface area contributed by atoms with E-state index < -0.39 is 5.54 Å². The van der Waals surface area contributed by atoms with Crippen molar-refractivity contribution in [3.63, 3.8) is 0 Å². The summed E-state index contributed by atoms with van der Waals surface area (Å²) in [6.07, 6.45) is 8.52. The van der Waals surface area contributed by atoms with Crippen LogP contribution in [0.3, 0.4) is 0 Å². The average molecular weight is 432 g/mol. The lowest BCUT2D eigenvalue weighted by Crippen LogP contribution is -2.30. The molecule has 0 bridgehead atoms. The van der Waals surface area contributed by atoms with Crippen molar-refractivity contribution in [3.05, 3.63) is 115 Å². The van der Waals surface area contributed by atoms with Crippen molar-refractivity contribution in [1.82, 2.24) is 9.97 Å². The topological polar surface area (TPSA) is 58.4 Å². The maximum absolute atomic E-state index is 10.0. The Balaban J connectivity index is 1.65. The van der Waals surface area contributed by atoms with Crippen LogP contribution in [0.2, 0.25) is 0 Å². The molecule has 0 amide bonds. The van der Waals surface area contributed by atoms with E-state index in [1.807, 2.05) is 73.1 Å². The van der Waals surface area contributed by atoms with Gasteiger partial charge in [-0.2, -0.15) is 0 Å². The number of aromatic hydroxyl groups is 1. The molecule has 1 aliphatic heterocycles. The number of rotatable bonds is 6. The van der Waals surface area contributed by atoms with E-state index in [9.17, 15) is 5.11 Å². The number of hydrogen-bond donors (Lipinski definition) is 1. The van der Waals surface area contributed by atoms with E-state index in [0.717, 1.165) is 33.8 Å². The molecule has 0 fully saturated rings. The van der Waals surface area contributed by atoms with Gasteiger partial charge in [-0.05, 0) is 37.1 Å². The highest BCUT2D eigenvalue weighted by Gasteiger charge is 2.35. The van der Waals surface area contributed by atoms with Crippen LogP contribution in [0, 0.1) is 0 Å². The molecule has 1 aromatic heterocycles. The van der Waals surface area contributed by atoms with Crippen molar-refractivity contribution >= 4 is 6.21 Å². The molecule has 0 radical (unpaired) electrons. The highest BCUT2D eigenvalue weighted by Crippen LogP contribution is 2.39. The first-order valence-electron chi connectivity index (χ1n) is 11.1. The van der Waals surface area contributed by atoms with Crippen molar-refractivity contribution in [3.8, 4) is 28.3 Å². The molecule has 2 heterocycles. The van der Waals surface area contributed by atoms with E-state index in [2.05, 4.69) is 37.3 Å². The molecule has 0 saturated carbocycles. The molecule has 4 aromatic rings. The molecule has 4 heteroatoms. The van der Waals surface area contributed by atoms with Crippen molar-refractivity contribution in [2.24, 2.45) is 4.99 Å². The largest absolute Gasteiger partial charge is 0.508 e. The quantitative estimate of drug-likeness (QED) is 0.393. The van der Waals surface area contributed by atoms with Gasteiger partial charge < -0.3 is 5.11 Å². The van der Waals surface area contributed by atoms with Gasteiger partial charge in [-0.15, -0.1) is 0 Å². The molecular weight excluding hydrogens is 406 g/mol. The predicted molar refractivity (Wildman–Crippen MR) is 133 cm³/mol. The van der Waals surface area contributed by atoms with Crippen LogP contribution in [0.4, 0.5) is 0 Å². The lowest BCUT2D eigenvalue weighted by Gasteiger charge is -2.30. The fraction of sp³-hybridized carbons (Fsp3) is 0.138. The summed E-state index contributed by atoms with van der Waals surface area (Å²) in [6.45, 7) is 2.12. The maximum atomic E-state index is 10.0. The molecule has 162 valence electrons. The lowest BCUT2D eigenvalue weighted by molar-refractivity contribution is 0.451. The monoisotopic (exact) mass is 431 g/mol. The van der Waals surface area contributed by atoms with E-state index in [4.69, 9.17) is 15.0 Å². The molecule has 2 unspecified atom stereocenters. The van der Waals surface area contributed by atoms with Crippen LogP contribution in [0.5, 0.6) is 5.75 Å². The fourth-order valence-electron chi connectivity index (χ4n) is 4.40. The summed E-state index contributed by atoms with van der Waals surface area (Å²) in [5.74, 6) is 0.214. The number of aliphatic imine (C=N–C) groups is 1. The molecule has 4 nitrogen and oxygen atoms in total. The third-order valence-corrected chi connectivity index (χ3v) is 6.17. The number of phenols is 1. The van der Waals surface area contributed by atoms with Crippen LogP contribution in [0.15, 0.2) is 108 Å². The van der Waals surface area contributed by atoms with Crippen LogP contribution in [-0.4, -0.2) is 26.8 Å². The lowest BCUT2D eigenvalue weighted by atomic mass is 9.80. The van der Waals surface area contributed by atoms with Crippen LogP contribution in [-0.2, 0) is 6.42 Å². The third kappa shape index (κ3) is 4.33. The smallest absolute Gasteiger partial charge is 0.115 e. The highest BCUT2D eigenvalue weighted by atomic mass is 16.3. The van der Waals surface area contributed by atoms with E-state index in [0.29, 0.717) is 6.42 Å². The average Bonchev–Trinajstić information content (AvgIpc) is 3.31. The van der Waals surface area contributed by atoms with Crippen LogP contribution in [0.25, 0.3) is 22.5 Å². The van der Waals surface area contributed by atoms with E-state index >= 15 is 0 Å². The van der Waals surface area contributed by atoms with Gasteiger partial charge in [0.05, 0.1) is 22.6 Å². The standard InChI is InChI=1S/C29H25N3O/c1-29(16-9-17-31-29)25(19-21-10-8-15-24(33)18-21)26-20-30-27(22-11-4-2-5-12-22)28(32-26)23-13-6-3-7-14-23/h2-18,20,25,33H,19H2,1H3. The Morgan fingerprint density at radius 1 is 0.848 bits per heavy atom. The molecule has 1 N–H and O–H groups in total. The zero-order valence-corrected chi connectivity index (χ0v) is 18.5. The van der Waals surface area contributed by atoms with Crippen LogP contribution >= 0.6 is 0 Å². The Morgan fingerprint density at radius 3 is 2.18 bits per heavy atom. The van der Waals surface area contributed by atoms with E-state index in [1.54, 1.807) is 6.07 Å². The Bertz CT molecular complexity index is 1300. The first-order chi connectivity index (χ1) is 16.1. The van der Waals surface area contributed by atoms with Crippen molar-refractivity contribution in [1.29, 1.82) is 0 Å².